The van der Waals surface area contributed by atoms with Gasteiger partial charge in [-0.05, 0) is 73.3 Å². The molecule has 0 aliphatic heterocycles. The Kier molecular flexibility index (Phi) is 10.3. The van der Waals surface area contributed by atoms with Crippen LogP contribution in [0.25, 0.3) is 33.8 Å². The van der Waals surface area contributed by atoms with Crippen molar-refractivity contribution in [2.45, 2.75) is 13.1 Å². The number of halogens is 4. The molecule has 0 bridgehead atoms. The molecule has 0 amide bonds. The zero-order valence-electron chi connectivity index (χ0n) is 26.1. The fraction of sp³-hybridized carbons (Fsp3) is 0.0556. The second-order valence-electron chi connectivity index (χ2n) is 10.9. The molecule has 8 rings (SSSR count). The largest absolute Gasteiger partial charge is 0.366 e. The van der Waals surface area contributed by atoms with Crippen molar-refractivity contribution >= 4 is 78.0 Å². The number of anilines is 2. The fourth-order valence-electron chi connectivity index (χ4n) is 5.13. The molecule has 2 aromatic carbocycles. The summed E-state index contributed by atoms with van der Waals surface area (Å²) in [7, 11) is 0. The third-order valence-electron chi connectivity index (χ3n) is 7.58. The number of fused-ring (bicyclic) bond motifs is 2. The van der Waals surface area contributed by atoms with E-state index in [9.17, 15) is 0 Å². The quantitative estimate of drug-likeness (QED) is 0.156. The molecular weight excluding hydrogens is 803 g/mol. The lowest BCUT2D eigenvalue weighted by Gasteiger charge is -2.11. The molecule has 0 aliphatic carbocycles. The van der Waals surface area contributed by atoms with Gasteiger partial charge in [-0.2, -0.15) is 19.2 Å². The molecule has 248 valence electrons. The van der Waals surface area contributed by atoms with Gasteiger partial charge in [0.1, 0.15) is 11.6 Å². The summed E-state index contributed by atoms with van der Waals surface area (Å²) in [6.45, 7) is 1.29. The van der Waals surface area contributed by atoms with Crippen molar-refractivity contribution in [1.29, 1.82) is 0 Å². The lowest BCUT2D eigenvalue weighted by Crippen LogP contribution is -2.07. The molecule has 0 saturated carbocycles. The Morgan fingerprint density at radius 1 is 0.560 bits per heavy atom. The van der Waals surface area contributed by atoms with E-state index in [1.807, 2.05) is 91.1 Å². The van der Waals surface area contributed by atoms with E-state index < -0.39 is 0 Å². The number of nitrogens with zero attached hydrogens (tertiary/aromatic N) is 8. The third kappa shape index (κ3) is 7.48. The van der Waals surface area contributed by atoms with Gasteiger partial charge in [-0.15, -0.1) is 0 Å². The molecule has 6 heterocycles. The topological polar surface area (TPSA) is 110 Å². The highest BCUT2D eigenvalue weighted by atomic mass is 79.9. The minimum atomic E-state index is 0.631. The van der Waals surface area contributed by atoms with Crippen LogP contribution in [0.5, 0.6) is 0 Å². The first kappa shape index (κ1) is 33.6. The first-order valence-electron chi connectivity index (χ1n) is 15.3. The van der Waals surface area contributed by atoms with Crippen molar-refractivity contribution in [2.75, 3.05) is 10.6 Å². The molecule has 14 heteroatoms. The Labute approximate surface area is 313 Å². The maximum atomic E-state index is 6.35. The van der Waals surface area contributed by atoms with Gasteiger partial charge in [0.05, 0.1) is 32.7 Å². The van der Waals surface area contributed by atoms with Crippen molar-refractivity contribution < 1.29 is 0 Å². The van der Waals surface area contributed by atoms with E-state index in [0.717, 1.165) is 65.5 Å². The van der Waals surface area contributed by atoms with Crippen LogP contribution in [0.4, 0.5) is 11.6 Å². The Bertz CT molecular complexity index is 2230. The average Bonchev–Trinajstić information content (AvgIpc) is 3.72. The molecule has 0 atom stereocenters. The van der Waals surface area contributed by atoms with Crippen LogP contribution in [-0.4, -0.2) is 39.2 Å². The number of pyridine rings is 2. The maximum absolute atomic E-state index is 6.35. The van der Waals surface area contributed by atoms with E-state index in [2.05, 4.69) is 62.7 Å². The summed E-state index contributed by atoms with van der Waals surface area (Å²) in [5, 5.41) is 16.9. The number of benzene rings is 2. The van der Waals surface area contributed by atoms with Crippen LogP contribution in [0.3, 0.4) is 0 Å². The number of hydrogen-bond donors (Lipinski definition) is 2. The second kappa shape index (κ2) is 15.3. The molecule has 0 spiro atoms. The summed E-state index contributed by atoms with van der Waals surface area (Å²) in [6, 6.07) is 27.1. The highest BCUT2D eigenvalue weighted by Gasteiger charge is 2.15. The van der Waals surface area contributed by atoms with Gasteiger partial charge >= 0.3 is 0 Å². The standard InChI is InChI=1S/2C18H13BrClN5/c19-14-11-23-25-17(22-10-12-4-3-7-21-9-12)8-16(24-18(14)25)13-5-1-2-6-15(13)20;19-14-11-23-25-17(22-10-12-5-7-21-8-6-12)9-16(24-18(14)25)13-3-1-2-4-15(13)20/h2*1-9,11,22H,10H2. The minimum Gasteiger partial charge on any atom is -0.366 e. The highest BCUT2D eigenvalue weighted by Crippen LogP contribution is 2.32. The van der Waals surface area contributed by atoms with Crippen LogP contribution in [0.1, 0.15) is 11.1 Å². The van der Waals surface area contributed by atoms with E-state index in [4.69, 9.17) is 33.2 Å². The van der Waals surface area contributed by atoms with Gasteiger partial charge in [0.15, 0.2) is 11.3 Å². The van der Waals surface area contributed by atoms with Gasteiger partial charge in [0.2, 0.25) is 0 Å². The average molecular weight is 829 g/mol. The molecule has 6 aromatic heterocycles. The predicted molar refractivity (Wildman–Crippen MR) is 205 cm³/mol. The highest BCUT2D eigenvalue weighted by molar-refractivity contribution is 9.11. The van der Waals surface area contributed by atoms with Crippen LogP contribution in [0, 0.1) is 0 Å². The Morgan fingerprint density at radius 3 is 1.58 bits per heavy atom. The molecule has 0 unspecified atom stereocenters. The normalized spacial score (nSPS) is 11.0. The molecule has 50 heavy (non-hydrogen) atoms. The summed E-state index contributed by atoms with van der Waals surface area (Å²) < 4.78 is 5.19. The van der Waals surface area contributed by atoms with Crippen LogP contribution < -0.4 is 10.6 Å². The lowest BCUT2D eigenvalue weighted by molar-refractivity contribution is 0.925. The molecule has 8 aromatic rings. The number of aromatic nitrogens is 8. The summed E-state index contributed by atoms with van der Waals surface area (Å²) in [5.41, 5.74) is 7.00. The lowest BCUT2D eigenvalue weighted by atomic mass is 10.1. The van der Waals surface area contributed by atoms with Crippen molar-refractivity contribution in [3.63, 3.8) is 0 Å². The van der Waals surface area contributed by atoms with Crippen molar-refractivity contribution in [2.24, 2.45) is 0 Å². The first-order valence-corrected chi connectivity index (χ1v) is 17.6. The number of hydrogen-bond acceptors (Lipinski definition) is 8. The second-order valence-corrected chi connectivity index (χ2v) is 13.4. The fourth-order valence-corrected chi connectivity index (χ4v) is 6.29. The van der Waals surface area contributed by atoms with E-state index in [1.54, 1.807) is 40.0 Å². The Balaban J connectivity index is 0.000000157. The van der Waals surface area contributed by atoms with E-state index in [-0.39, 0.29) is 0 Å². The number of nitrogens with one attached hydrogen (secondary N) is 2. The minimum absolute atomic E-state index is 0.631. The molecule has 0 saturated heterocycles. The van der Waals surface area contributed by atoms with Crippen molar-refractivity contribution in [3.8, 4) is 22.5 Å². The van der Waals surface area contributed by atoms with Gasteiger partial charge in [0.25, 0.3) is 0 Å². The maximum Gasteiger partial charge on any atom is 0.172 e. The predicted octanol–water partition coefficient (Wildman–Crippen LogP) is 9.64. The van der Waals surface area contributed by atoms with E-state index >= 15 is 0 Å². The van der Waals surface area contributed by atoms with Crippen molar-refractivity contribution in [1.82, 2.24) is 39.2 Å². The van der Waals surface area contributed by atoms with Gasteiger partial charge < -0.3 is 10.6 Å². The van der Waals surface area contributed by atoms with Crippen LogP contribution in [0.15, 0.2) is 131 Å². The monoisotopic (exact) mass is 826 g/mol. The van der Waals surface area contributed by atoms with Gasteiger partial charge in [-0.1, -0.05) is 65.7 Å². The first-order chi connectivity index (χ1) is 24.4. The zero-order chi connectivity index (χ0) is 34.5. The summed E-state index contributed by atoms with van der Waals surface area (Å²) in [6.07, 6.45) is 10.6. The molecule has 10 nitrogen and oxygen atoms in total. The molecular formula is C36H26Br2Cl2N10. The van der Waals surface area contributed by atoms with Crippen LogP contribution in [-0.2, 0) is 13.1 Å². The summed E-state index contributed by atoms with van der Waals surface area (Å²) in [5.74, 6) is 1.66. The Morgan fingerprint density at radius 2 is 1.08 bits per heavy atom. The SMILES string of the molecule is Clc1ccccc1-c1cc(NCc2cccnc2)n2ncc(Br)c2n1.Clc1ccccc1-c1cc(NCc2ccncc2)n2ncc(Br)c2n1. The smallest absolute Gasteiger partial charge is 0.172 e. The zero-order valence-corrected chi connectivity index (χ0v) is 30.7. The third-order valence-corrected chi connectivity index (χ3v) is 9.35. The van der Waals surface area contributed by atoms with E-state index in [0.29, 0.717) is 23.1 Å². The van der Waals surface area contributed by atoms with Crippen LogP contribution >= 0.6 is 55.1 Å². The van der Waals surface area contributed by atoms with Crippen LogP contribution in [0.2, 0.25) is 10.0 Å². The Hall–Kier alpha value is -4.88. The molecule has 0 fully saturated rings. The van der Waals surface area contributed by atoms with Gasteiger partial charge in [-0.3, -0.25) is 9.97 Å². The summed E-state index contributed by atoms with van der Waals surface area (Å²) in [4.78, 5) is 17.6. The molecule has 0 aliphatic rings. The molecule has 2 N–H and O–H groups in total. The van der Waals surface area contributed by atoms with E-state index in [1.165, 1.54) is 0 Å². The van der Waals surface area contributed by atoms with Gasteiger partial charge in [0, 0.05) is 71.2 Å². The number of rotatable bonds is 8. The van der Waals surface area contributed by atoms with Crippen molar-refractivity contribution in [3.05, 3.63) is 152 Å². The van der Waals surface area contributed by atoms with Gasteiger partial charge in [-0.25, -0.2) is 9.97 Å². The molecule has 0 radical (unpaired) electrons. The summed E-state index contributed by atoms with van der Waals surface area (Å²) >= 11 is 19.7.